The van der Waals surface area contributed by atoms with E-state index in [9.17, 15) is 14.4 Å². The van der Waals surface area contributed by atoms with Gasteiger partial charge in [0.15, 0.2) is 0 Å². The van der Waals surface area contributed by atoms with E-state index in [1.165, 1.54) is 4.90 Å². The van der Waals surface area contributed by atoms with E-state index < -0.39 is 0 Å². The van der Waals surface area contributed by atoms with Crippen LogP contribution in [0.4, 0.5) is 11.4 Å². The Morgan fingerprint density at radius 2 is 1.57 bits per heavy atom. The molecule has 0 spiro atoms. The Hall–Kier alpha value is -2.95. The lowest BCUT2D eigenvalue weighted by Gasteiger charge is -2.19. The SMILES string of the molecule is CCc1ccccc1NC(=O)c1ccccc1N1C(=O)[C@@H]2CCCC[C@H]2C1=O. The lowest BCUT2D eigenvalue weighted by molar-refractivity contribution is -0.122. The lowest BCUT2D eigenvalue weighted by atomic mass is 9.81. The molecule has 144 valence electrons. The van der Waals surface area contributed by atoms with Crippen molar-refractivity contribution >= 4 is 29.1 Å². The molecule has 2 aliphatic rings. The molecule has 3 amide bonds. The second-order valence-corrected chi connectivity index (χ2v) is 7.49. The van der Waals surface area contributed by atoms with E-state index in [2.05, 4.69) is 5.32 Å². The normalized spacial score (nSPS) is 21.5. The summed E-state index contributed by atoms with van der Waals surface area (Å²) < 4.78 is 0. The molecule has 1 heterocycles. The molecule has 0 aromatic heterocycles. The van der Waals surface area contributed by atoms with Gasteiger partial charge in [-0.05, 0) is 43.0 Å². The van der Waals surface area contributed by atoms with Gasteiger partial charge in [-0.15, -0.1) is 0 Å². The van der Waals surface area contributed by atoms with Gasteiger partial charge in [0, 0.05) is 5.69 Å². The topological polar surface area (TPSA) is 66.5 Å². The fraction of sp³-hybridized carbons (Fsp3) is 0.348. The number of para-hydroxylation sites is 2. The second-order valence-electron chi connectivity index (χ2n) is 7.49. The summed E-state index contributed by atoms with van der Waals surface area (Å²) in [5.41, 5.74) is 2.51. The number of fused-ring (bicyclic) bond motifs is 1. The largest absolute Gasteiger partial charge is 0.322 e. The van der Waals surface area contributed by atoms with Crippen molar-refractivity contribution in [3.8, 4) is 0 Å². The quantitative estimate of drug-likeness (QED) is 0.814. The third-order valence-corrected chi connectivity index (χ3v) is 5.88. The van der Waals surface area contributed by atoms with Gasteiger partial charge >= 0.3 is 0 Å². The summed E-state index contributed by atoms with van der Waals surface area (Å²) in [4.78, 5) is 40.2. The Labute approximate surface area is 164 Å². The van der Waals surface area contributed by atoms with Gasteiger partial charge in [-0.25, -0.2) is 4.90 Å². The number of amides is 3. The number of aryl methyl sites for hydroxylation is 1. The smallest absolute Gasteiger partial charge is 0.257 e. The van der Waals surface area contributed by atoms with Crippen LogP contribution in [0.3, 0.4) is 0 Å². The van der Waals surface area contributed by atoms with Crippen LogP contribution < -0.4 is 10.2 Å². The first kappa shape index (κ1) is 18.4. The third-order valence-electron chi connectivity index (χ3n) is 5.88. The fourth-order valence-electron chi connectivity index (χ4n) is 4.40. The van der Waals surface area contributed by atoms with Crippen LogP contribution in [0.25, 0.3) is 0 Å². The number of rotatable bonds is 4. The summed E-state index contributed by atoms with van der Waals surface area (Å²) >= 11 is 0. The van der Waals surface area contributed by atoms with E-state index in [-0.39, 0.29) is 29.6 Å². The van der Waals surface area contributed by atoms with E-state index in [0.717, 1.165) is 43.4 Å². The summed E-state index contributed by atoms with van der Waals surface area (Å²) in [6.07, 6.45) is 4.26. The van der Waals surface area contributed by atoms with Crippen molar-refractivity contribution in [2.45, 2.75) is 39.0 Å². The molecule has 0 radical (unpaired) electrons. The number of imide groups is 1. The highest BCUT2D eigenvalue weighted by molar-refractivity contribution is 6.24. The number of nitrogens with zero attached hydrogens (tertiary/aromatic N) is 1. The third kappa shape index (κ3) is 3.11. The number of carbonyl (C=O) groups excluding carboxylic acids is 3. The zero-order valence-electron chi connectivity index (χ0n) is 16.0. The highest BCUT2D eigenvalue weighted by atomic mass is 16.2. The van der Waals surface area contributed by atoms with Crippen LogP contribution in [-0.2, 0) is 16.0 Å². The minimum atomic E-state index is -0.313. The minimum Gasteiger partial charge on any atom is -0.322 e. The number of anilines is 2. The number of carbonyl (C=O) groups is 3. The molecular weight excluding hydrogens is 352 g/mol. The molecule has 5 heteroatoms. The number of benzene rings is 2. The summed E-state index contributed by atoms with van der Waals surface area (Å²) in [6, 6.07) is 14.5. The molecule has 0 bridgehead atoms. The number of hydrogen-bond acceptors (Lipinski definition) is 3. The van der Waals surface area contributed by atoms with Crippen molar-refractivity contribution in [2.24, 2.45) is 11.8 Å². The average Bonchev–Trinajstić information content (AvgIpc) is 2.99. The molecule has 1 aliphatic heterocycles. The van der Waals surface area contributed by atoms with E-state index in [0.29, 0.717) is 11.3 Å². The van der Waals surface area contributed by atoms with Crippen molar-refractivity contribution in [3.05, 3.63) is 59.7 Å². The predicted molar refractivity (Wildman–Crippen MR) is 108 cm³/mol. The first-order chi connectivity index (χ1) is 13.6. The number of hydrogen-bond donors (Lipinski definition) is 1. The molecular formula is C23H24N2O3. The maximum atomic E-state index is 13.0. The summed E-state index contributed by atoms with van der Waals surface area (Å²) in [7, 11) is 0. The van der Waals surface area contributed by atoms with Crippen molar-refractivity contribution < 1.29 is 14.4 Å². The van der Waals surface area contributed by atoms with Gasteiger partial charge in [0.25, 0.3) is 5.91 Å². The van der Waals surface area contributed by atoms with Gasteiger partial charge in [0.2, 0.25) is 11.8 Å². The van der Waals surface area contributed by atoms with Crippen LogP contribution in [0.2, 0.25) is 0 Å². The first-order valence-electron chi connectivity index (χ1n) is 9.98. The van der Waals surface area contributed by atoms with Crippen molar-refractivity contribution in [3.63, 3.8) is 0 Å². The maximum absolute atomic E-state index is 13.0. The van der Waals surface area contributed by atoms with E-state index in [1.807, 2.05) is 31.2 Å². The molecule has 5 nitrogen and oxygen atoms in total. The van der Waals surface area contributed by atoms with Gasteiger partial charge in [0.1, 0.15) is 0 Å². The average molecular weight is 376 g/mol. The van der Waals surface area contributed by atoms with E-state index in [1.54, 1.807) is 24.3 Å². The zero-order valence-corrected chi connectivity index (χ0v) is 16.0. The maximum Gasteiger partial charge on any atom is 0.257 e. The molecule has 2 fully saturated rings. The highest BCUT2D eigenvalue weighted by Crippen LogP contribution is 2.41. The standard InChI is InChI=1S/C23H24N2O3/c1-2-15-9-3-7-13-19(15)24-21(26)18-12-6-8-14-20(18)25-22(27)16-10-4-5-11-17(16)23(25)28/h3,6-9,12-14,16-17H,2,4-5,10-11H2,1H3,(H,24,26)/t16-,17-/m1/s1. The zero-order chi connectivity index (χ0) is 19.7. The Balaban J connectivity index is 1.66. The molecule has 2 atom stereocenters. The Morgan fingerprint density at radius 3 is 2.25 bits per heavy atom. The fourth-order valence-corrected chi connectivity index (χ4v) is 4.40. The summed E-state index contributed by atoms with van der Waals surface area (Å²) in [5, 5.41) is 2.95. The van der Waals surface area contributed by atoms with Gasteiger partial charge in [0.05, 0.1) is 23.1 Å². The summed E-state index contributed by atoms with van der Waals surface area (Å²) in [5.74, 6) is -1.11. The van der Waals surface area contributed by atoms with Crippen LogP contribution in [0.15, 0.2) is 48.5 Å². The van der Waals surface area contributed by atoms with Crippen molar-refractivity contribution in [2.75, 3.05) is 10.2 Å². The van der Waals surface area contributed by atoms with Crippen molar-refractivity contribution in [1.82, 2.24) is 0 Å². The van der Waals surface area contributed by atoms with Crippen molar-refractivity contribution in [1.29, 1.82) is 0 Å². The number of nitrogens with one attached hydrogen (secondary N) is 1. The Morgan fingerprint density at radius 1 is 0.964 bits per heavy atom. The summed E-state index contributed by atoms with van der Waals surface area (Å²) in [6.45, 7) is 2.03. The van der Waals surface area contributed by atoms with Crippen LogP contribution >= 0.6 is 0 Å². The molecule has 1 N–H and O–H groups in total. The van der Waals surface area contributed by atoms with Crippen LogP contribution in [0.1, 0.15) is 48.5 Å². The van der Waals surface area contributed by atoms with Gasteiger partial charge in [-0.3, -0.25) is 14.4 Å². The predicted octanol–water partition coefficient (Wildman–Crippen LogP) is 4.18. The second kappa shape index (κ2) is 7.58. The first-order valence-corrected chi connectivity index (χ1v) is 9.98. The van der Waals surface area contributed by atoms with Crippen LogP contribution in [0, 0.1) is 11.8 Å². The van der Waals surface area contributed by atoms with Gasteiger partial charge in [-0.2, -0.15) is 0 Å². The molecule has 1 aliphatic carbocycles. The molecule has 1 saturated carbocycles. The molecule has 2 aromatic rings. The van der Waals surface area contributed by atoms with Crippen LogP contribution in [0.5, 0.6) is 0 Å². The monoisotopic (exact) mass is 376 g/mol. The minimum absolute atomic E-state index is 0.163. The molecule has 1 saturated heterocycles. The molecule has 2 aromatic carbocycles. The Kier molecular flexibility index (Phi) is 4.99. The van der Waals surface area contributed by atoms with Gasteiger partial charge < -0.3 is 5.32 Å². The van der Waals surface area contributed by atoms with E-state index >= 15 is 0 Å². The molecule has 0 unspecified atom stereocenters. The Bertz CT molecular complexity index is 913. The highest BCUT2D eigenvalue weighted by Gasteiger charge is 2.49. The lowest BCUT2D eigenvalue weighted by Crippen LogP contribution is -2.33. The molecule has 28 heavy (non-hydrogen) atoms. The molecule has 4 rings (SSSR count). The van der Waals surface area contributed by atoms with E-state index in [4.69, 9.17) is 0 Å². The van der Waals surface area contributed by atoms with Gasteiger partial charge in [-0.1, -0.05) is 50.1 Å². The van der Waals surface area contributed by atoms with Crippen LogP contribution in [-0.4, -0.2) is 17.7 Å².